The van der Waals surface area contributed by atoms with Crippen LogP contribution in [0.4, 0.5) is 0 Å². The Morgan fingerprint density at radius 3 is 1.76 bits per heavy atom. The Labute approximate surface area is 198 Å². The fourth-order valence-electron chi connectivity index (χ4n) is 4.99. The molecule has 0 N–H and O–H groups in total. The molecule has 4 nitrogen and oxygen atoms in total. The highest BCUT2D eigenvalue weighted by atomic mass is 16.5. The van der Waals surface area contributed by atoms with Gasteiger partial charge in [0, 0.05) is 11.5 Å². The van der Waals surface area contributed by atoms with Crippen LogP contribution in [0.15, 0.2) is 122 Å². The number of aromatic nitrogens is 3. The summed E-state index contributed by atoms with van der Waals surface area (Å²) in [6, 6.07) is 37.8. The van der Waals surface area contributed by atoms with E-state index in [1.54, 1.807) is 7.11 Å². The van der Waals surface area contributed by atoms with E-state index in [2.05, 4.69) is 95.6 Å². The van der Waals surface area contributed by atoms with E-state index in [9.17, 15) is 0 Å². The van der Waals surface area contributed by atoms with E-state index in [-0.39, 0.29) is 0 Å². The summed E-state index contributed by atoms with van der Waals surface area (Å²) >= 11 is 0. The molecule has 0 radical (unpaired) electrons. The van der Waals surface area contributed by atoms with Gasteiger partial charge in [0.1, 0.15) is 11.3 Å². The molecule has 0 saturated carbocycles. The average Bonchev–Trinajstić information content (AvgIpc) is 3.35. The van der Waals surface area contributed by atoms with Gasteiger partial charge in [-0.3, -0.25) is 4.98 Å². The van der Waals surface area contributed by atoms with Gasteiger partial charge in [-0.1, -0.05) is 91.0 Å². The van der Waals surface area contributed by atoms with Gasteiger partial charge < -0.3 is 9.30 Å². The van der Waals surface area contributed by atoms with E-state index >= 15 is 0 Å². The number of fused-ring (bicyclic) bond motifs is 3. The highest BCUT2D eigenvalue weighted by molar-refractivity contribution is 6.02. The zero-order valence-corrected chi connectivity index (χ0v) is 18.8. The summed E-state index contributed by atoms with van der Waals surface area (Å²) in [6.07, 6.45) is 3.87. The first-order valence-electron chi connectivity index (χ1n) is 11.3. The predicted octanol–water partition coefficient (Wildman–Crippen LogP) is 6.43. The minimum atomic E-state index is -0.625. The molecule has 164 valence electrons. The summed E-state index contributed by atoms with van der Waals surface area (Å²) in [5.74, 6) is 0.783. The van der Waals surface area contributed by atoms with Crippen LogP contribution in [-0.4, -0.2) is 21.6 Å². The molecule has 2 aromatic heterocycles. The van der Waals surface area contributed by atoms with Gasteiger partial charge in [0.2, 0.25) is 0 Å². The maximum atomic E-state index is 5.40. The Balaban J connectivity index is 1.74. The molecular weight excluding hydrogens is 418 g/mol. The molecule has 6 rings (SSSR count). The first kappa shape index (κ1) is 20.2. The number of nitrogens with zero attached hydrogens (tertiary/aromatic N) is 3. The van der Waals surface area contributed by atoms with E-state index in [0.717, 1.165) is 44.4 Å². The lowest BCUT2D eigenvalue weighted by Gasteiger charge is -2.37. The Morgan fingerprint density at radius 1 is 0.676 bits per heavy atom. The molecule has 0 aliphatic heterocycles. The molecular formula is C30H23N3O. The van der Waals surface area contributed by atoms with Crippen molar-refractivity contribution in [2.45, 2.75) is 5.54 Å². The van der Waals surface area contributed by atoms with Crippen molar-refractivity contribution in [3.63, 3.8) is 0 Å². The SMILES string of the molecule is COc1ccc2c(c1)ncc1c2ncn1C(c1ccccc1)(c1ccccc1)c1ccccc1. The van der Waals surface area contributed by atoms with Gasteiger partial charge >= 0.3 is 0 Å². The zero-order chi connectivity index (χ0) is 23.0. The maximum Gasteiger partial charge on any atom is 0.122 e. The molecule has 4 aromatic carbocycles. The molecule has 2 heterocycles. The summed E-state index contributed by atoms with van der Waals surface area (Å²) < 4.78 is 7.66. The van der Waals surface area contributed by atoms with Gasteiger partial charge in [-0.25, -0.2) is 4.98 Å². The fourth-order valence-corrected chi connectivity index (χ4v) is 4.99. The van der Waals surface area contributed by atoms with Crippen LogP contribution in [0.25, 0.3) is 21.9 Å². The van der Waals surface area contributed by atoms with Crippen molar-refractivity contribution in [3.05, 3.63) is 138 Å². The number of rotatable bonds is 5. The van der Waals surface area contributed by atoms with Crippen molar-refractivity contribution in [3.8, 4) is 5.75 Å². The highest BCUT2D eigenvalue weighted by Crippen LogP contribution is 2.43. The van der Waals surface area contributed by atoms with Crippen molar-refractivity contribution >= 4 is 21.9 Å². The van der Waals surface area contributed by atoms with Crippen molar-refractivity contribution in [1.29, 1.82) is 0 Å². The molecule has 0 amide bonds. The summed E-state index contributed by atoms with van der Waals surface area (Å²) in [6.45, 7) is 0. The largest absolute Gasteiger partial charge is 0.497 e. The molecule has 0 unspecified atom stereocenters. The van der Waals surface area contributed by atoms with E-state index in [0.29, 0.717) is 0 Å². The summed E-state index contributed by atoms with van der Waals surface area (Å²) in [5, 5.41) is 1.00. The first-order valence-corrected chi connectivity index (χ1v) is 11.3. The molecule has 34 heavy (non-hydrogen) atoms. The highest BCUT2D eigenvalue weighted by Gasteiger charge is 2.39. The van der Waals surface area contributed by atoms with E-state index in [1.165, 1.54) is 0 Å². The number of pyridine rings is 1. The quantitative estimate of drug-likeness (QED) is 0.289. The Morgan fingerprint density at radius 2 is 1.24 bits per heavy atom. The second-order valence-corrected chi connectivity index (χ2v) is 8.30. The molecule has 0 spiro atoms. The molecule has 4 heteroatoms. The van der Waals surface area contributed by atoms with Gasteiger partial charge in [0.15, 0.2) is 0 Å². The van der Waals surface area contributed by atoms with Gasteiger partial charge in [0.05, 0.1) is 36.2 Å². The lowest BCUT2D eigenvalue weighted by atomic mass is 9.76. The Hall–Kier alpha value is -4.44. The number of imidazole rings is 1. The summed E-state index contributed by atoms with van der Waals surface area (Å²) in [7, 11) is 1.67. The van der Waals surface area contributed by atoms with Gasteiger partial charge in [-0.05, 0) is 28.8 Å². The van der Waals surface area contributed by atoms with Crippen LogP contribution in [0.5, 0.6) is 5.75 Å². The van der Waals surface area contributed by atoms with Crippen LogP contribution in [-0.2, 0) is 5.54 Å². The predicted molar refractivity (Wildman–Crippen MR) is 136 cm³/mol. The van der Waals surface area contributed by atoms with Crippen molar-refractivity contribution in [2.75, 3.05) is 7.11 Å². The minimum absolute atomic E-state index is 0.625. The number of hydrogen-bond acceptors (Lipinski definition) is 3. The monoisotopic (exact) mass is 441 g/mol. The van der Waals surface area contributed by atoms with Crippen molar-refractivity contribution in [2.24, 2.45) is 0 Å². The van der Waals surface area contributed by atoms with Crippen molar-refractivity contribution in [1.82, 2.24) is 14.5 Å². The zero-order valence-electron chi connectivity index (χ0n) is 18.8. The molecule has 6 aromatic rings. The third-order valence-electron chi connectivity index (χ3n) is 6.53. The molecule has 0 bridgehead atoms. The minimum Gasteiger partial charge on any atom is -0.497 e. The maximum absolute atomic E-state index is 5.40. The van der Waals surface area contributed by atoms with Crippen LogP contribution < -0.4 is 4.74 Å². The summed E-state index contributed by atoms with van der Waals surface area (Å²) in [5.41, 5.74) is 5.58. The lowest BCUT2D eigenvalue weighted by molar-refractivity contribution is 0.415. The summed E-state index contributed by atoms with van der Waals surface area (Å²) in [4.78, 5) is 9.73. The number of methoxy groups -OCH3 is 1. The van der Waals surface area contributed by atoms with Crippen LogP contribution in [0.3, 0.4) is 0 Å². The number of hydrogen-bond donors (Lipinski definition) is 0. The molecule has 0 fully saturated rings. The molecule has 0 aliphatic carbocycles. The van der Waals surface area contributed by atoms with Gasteiger partial charge in [0.25, 0.3) is 0 Å². The molecule has 0 saturated heterocycles. The fraction of sp³-hybridized carbons (Fsp3) is 0.0667. The second kappa shape index (κ2) is 8.16. The normalized spacial score (nSPS) is 11.7. The second-order valence-electron chi connectivity index (χ2n) is 8.30. The third kappa shape index (κ3) is 3.00. The Bertz CT molecular complexity index is 1480. The van der Waals surface area contributed by atoms with E-state index in [1.807, 2.05) is 30.7 Å². The number of benzene rings is 4. The van der Waals surface area contributed by atoms with Gasteiger partial charge in [-0.2, -0.15) is 0 Å². The molecule has 0 atom stereocenters. The van der Waals surface area contributed by atoms with Crippen LogP contribution in [0.1, 0.15) is 16.7 Å². The number of ether oxygens (including phenoxy) is 1. The standard InChI is InChI=1S/C30H23N3O/c1-34-25-17-18-26-27(19-25)31-20-28-29(26)32-21-33(28)30(22-11-5-2-6-12-22,23-13-7-3-8-14-23)24-15-9-4-10-16-24/h2-21H,1H3. The smallest absolute Gasteiger partial charge is 0.122 e. The third-order valence-corrected chi connectivity index (χ3v) is 6.53. The van der Waals surface area contributed by atoms with Crippen molar-refractivity contribution < 1.29 is 4.74 Å². The average molecular weight is 442 g/mol. The first-order chi connectivity index (χ1) is 16.8. The van der Waals surface area contributed by atoms with E-state index in [4.69, 9.17) is 14.7 Å². The molecule has 0 aliphatic rings. The van der Waals surface area contributed by atoms with Crippen LogP contribution in [0, 0.1) is 0 Å². The van der Waals surface area contributed by atoms with Gasteiger partial charge in [-0.15, -0.1) is 0 Å². The van der Waals surface area contributed by atoms with Crippen LogP contribution in [0.2, 0.25) is 0 Å². The Kier molecular flexibility index (Phi) is 4.84. The van der Waals surface area contributed by atoms with E-state index < -0.39 is 5.54 Å². The lowest BCUT2D eigenvalue weighted by Crippen LogP contribution is -2.37. The topological polar surface area (TPSA) is 39.9 Å². The van der Waals surface area contributed by atoms with Crippen LogP contribution >= 0.6 is 0 Å².